The highest BCUT2D eigenvalue weighted by Crippen LogP contribution is 2.02. The molecule has 0 spiro atoms. The number of rotatable bonds is 17. The number of primary amides is 2. The first-order chi connectivity index (χ1) is 12.4. The number of carbonyl (C=O) groups is 4. The molecule has 0 atom stereocenters. The van der Waals surface area contributed by atoms with Crippen LogP contribution in [0, 0.1) is 0 Å². The minimum atomic E-state index is -0.329. The van der Waals surface area contributed by atoms with Crippen LogP contribution in [0.15, 0.2) is 0 Å². The van der Waals surface area contributed by atoms with Gasteiger partial charge < -0.3 is 22.1 Å². The number of unbranched alkanes of at least 4 members (excludes halogenated alkanes) is 5. The van der Waals surface area contributed by atoms with Crippen molar-refractivity contribution in [1.29, 1.82) is 0 Å². The molecule has 0 aliphatic rings. The molecule has 0 rings (SSSR count). The third-order valence-electron chi connectivity index (χ3n) is 3.90. The summed E-state index contributed by atoms with van der Waals surface area (Å²) < 4.78 is 0. The third-order valence-corrected chi connectivity index (χ3v) is 3.90. The van der Waals surface area contributed by atoms with Gasteiger partial charge in [-0.15, -0.1) is 0 Å². The smallest absolute Gasteiger partial charge is 0.219 e. The van der Waals surface area contributed by atoms with Crippen molar-refractivity contribution in [1.82, 2.24) is 10.6 Å². The second kappa shape index (κ2) is 16.4. The lowest BCUT2D eigenvalue weighted by Gasteiger charge is -2.06. The molecule has 0 unspecified atom stereocenters. The van der Waals surface area contributed by atoms with Crippen LogP contribution in [0.2, 0.25) is 0 Å². The van der Waals surface area contributed by atoms with Crippen LogP contribution < -0.4 is 22.1 Å². The maximum Gasteiger partial charge on any atom is 0.219 e. The van der Waals surface area contributed by atoms with Crippen molar-refractivity contribution in [3.63, 3.8) is 0 Å². The fourth-order valence-corrected chi connectivity index (χ4v) is 2.41. The number of hydrogen-bond donors (Lipinski definition) is 4. The number of hydrogen-bond acceptors (Lipinski definition) is 4. The molecule has 0 radical (unpaired) electrons. The van der Waals surface area contributed by atoms with E-state index in [4.69, 9.17) is 11.5 Å². The maximum absolute atomic E-state index is 11.5. The Morgan fingerprint density at radius 3 is 1.19 bits per heavy atom. The van der Waals surface area contributed by atoms with E-state index in [0.717, 1.165) is 25.7 Å². The van der Waals surface area contributed by atoms with E-state index in [0.29, 0.717) is 64.5 Å². The molecule has 0 heterocycles. The van der Waals surface area contributed by atoms with Crippen LogP contribution in [0.1, 0.15) is 77.0 Å². The van der Waals surface area contributed by atoms with Gasteiger partial charge in [-0.25, -0.2) is 0 Å². The van der Waals surface area contributed by atoms with Crippen molar-refractivity contribution < 1.29 is 19.2 Å². The molecule has 0 aromatic carbocycles. The monoisotopic (exact) mass is 370 g/mol. The van der Waals surface area contributed by atoms with Crippen molar-refractivity contribution >= 4 is 23.6 Å². The summed E-state index contributed by atoms with van der Waals surface area (Å²) in [4.78, 5) is 44.2. The van der Waals surface area contributed by atoms with Gasteiger partial charge >= 0.3 is 0 Å². The van der Waals surface area contributed by atoms with Gasteiger partial charge in [0, 0.05) is 38.8 Å². The van der Waals surface area contributed by atoms with E-state index < -0.39 is 0 Å². The lowest BCUT2D eigenvalue weighted by atomic mass is 10.1. The Bertz CT molecular complexity index is 401. The largest absolute Gasteiger partial charge is 0.370 e. The minimum Gasteiger partial charge on any atom is -0.370 e. The molecular weight excluding hydrogens is 336 g/mol. The molecule has 150 valence electrons. The quantitative estimate of drug-likeness (QED) is 0.281. The molecule has 0 aromatic rings. The molecule has 4 amide bonds. The van der Waals surface area contributed by atoms with Crippen LogP contribution >= 0.6 is 0 Å². The van der Waals surface area contributed by atoms with Gasteiger partial charge in [0.05, 0.1) is 0 Å². The average Bonchev–Trinajstić information content (AvgIpc) is 2.57. The highest BCUT2D eigenvalue weighted by molar-refractivity contribution is 5.76. The molecule has 0 bridgehead atoms. The van der Waals surface area contributed by atoms with Gasteiger partial charge in [-0.1, -0.05) is 12.8 Å². The van der Waals surface area contributed by atoms with E-state index in [1.54, 1.807) is 0 Å². The van der Waals surface area contributed by atoms with Crippen LogP contribution in [-0.4, -0.2) is 36.7 Å². The third kappa shape index (κ3) is 18.2. The van der Waals surface area contributed by atoms with Crippen molar-refractivity contribution in [3.05, 3.63) is 0 Å². The Morgan fingerprint density at radius 2 is 0.846 bits per heavy atom. The van der Waals surface area contributed by atoms with Crippen LogP contribution in [0.4, 0.5) is 0 Å². The summed E-state index contributed by atoms with van der Waals surface area (Å²) in [5, 5.41) is 5.72. The zero-order valence-corrected chi connectivity index (χ0v) is 15.7. The average molecular weight is 370 g/mol. The predicted molar refractivity (Wildman–Crippen MR) is 99.8 cm³/mol. The fraction of sp³-hybridized carbons (Fsp3) is 0.778. The number of nitrogens with two attached hydrogens (primary N) is 2. The zero-order chi connectivity index (χ0) is 19.6. The summed E-state index contributed by atoms with van der Waals surface area (Å²) in [6.07, 6.45) is 7.99. The summed E-state index contributed by atoms with van der Waals surface area (Å²) in [5.74, 6) is -0.634. The first-order valence-corrected chi connectivity index (χ1v) is 9.52. The Balaban J connectivity index is 3.32. The molecule has 0 saturated heterocycles. The number of amides is 4. The molecule has 26 heavy (non-hydrogen) atoms. The molecule has 0 aliphatic carbocycles. The normalized spacial score (nSPS) is 10.3. The van der Waals surface area contributed by atoms with Gasteiger partial charge in [-0.05, 0) is 38.5 Å². The van der Waals surface area contributed by atoms with Crippen LogP contribution in [0.3, 0.4) is 0 Å². The first kappa shape index (κ1) is 23.9. The van der Waals surface area contributed by atoms with Gasteiger partial charge in [0.15, 0.2) is 0 Å². The topological polar surface area (TPSA) is 144 Å². The molecule has 8 heteroatoms. The Kier molecular flexibility index (Phi) is 15.0. The standard InChI is InChI=1S/C18H34N4O4/c19-15(23)9-3-5-11-17(25)21-13-7-1-2-8-14-22-18(26)12-6-4-10-16(20)24/h1-14H2,(H2,19,23)(H2,20,24)(H,21,25)(H,22,26). The Morgan fingerprint density at radius 1 is 0.500 bits per heavy atom. The second-order valence-electron chi connectivity index (χ2n) is 6.46. The first-order valence-electron chi connectivity index (χ1n) is 9.52. The van der Waals surface area contributed by atoms with Crippen LogP contribution in [0.25, 0.3) is 0 Å². The summed E-state index contributed by atoms with van der Waals surface area (Å²) >= 11 is 0. The Labute approximate surface area is 155 Å². The second-order valence-corrected chi connectivity index (χ2v) is 6.46. The highest BCUT2D eigenvalue weighted by atomic mass is 16.2. The van der Waals surface area contributed by atoms with Crippen LogP contribution in [0.5, 0.6) is 0 Å². The molecule has 0 fully saturated rings. The SMILES string of the molecule is NC(=O)CCCCC(=O)NCCCCCCNC(=O)CCCCC(N)=O. The molecular formula is C18H34N4O4. The summed E-state index contributed by atoms with van der Waals surface area (Å²) in [6, 6.07) is 0. The van der Waals surface area contributed by atoms with Crippen molar-refractivity contribution in [2.24, 2.45) is 11.5 Å². The predicted octanol–water partition coefficient (Wildman–Crippen LogP) is 0.871. The van der Waals surface area contributed by atoms with Crippen molar-refractivity contribution in [3.8, 4) is 0 Å². The molecule has 0 saturated carbocycles. The lowest BCUT2D eigenvalue weighted by Crippen LogP contribution is -2.25. The highest BCUT2D eigenvalue weighted by Gasteiger charge is 2.03. The van der Waals surface area contributed by atoms with Gasteiger partial charge in [0.2, 0.25) is 23.6 Å². The van der Waals surface area contributed by atoms with Gasteiger partial charge in [-0.3, -0.25) is 19.2 Å². The van der Waals surface area contributed by atoms with Crippen molar-refractivity contribution in [2.45, 2.75) is 77.0 Å². The summed E-state index contributed by atoms with van der Waals surface area (Å²) in [7, 11) is 0. The molecule has 0 aromatic heterocycles. The maximum atomic E-state index is 11.5. The van der Waals surface area contributed by atoms with E-state index in [1.807, 2.05) is 0 Å². The summed E-state index contributed by atoms with van der Waals surface area (Å²) in [6.45, 7) is 1.31. The van der Waals surface area contributed by atoms with E-state index in [1.165, 1.54) is 0 Å². The van der Waals surface area contributed by atoms with E-state index >= 15 is 0 Å². The van der Waals surface area contributed by atoms with Gasteiger partial charge in [0.1, 0.15) is 0 Å². The Hall–Kier alpha value is -2.12. The number of carbonyl (C=O) groups excluding carboxylic acids is 4. The minimum absolute atomic E-state index is 0.0121. The zero-order valence-electron chi connectivity index (χ0n) is 15.7. The lowest BCUT2D eigenvalue weighted by molar-refractivity contribution is -0.122. The molecule has 8 nitrogen and oxygen atoms in total. The van der Waals surface area contributed by atoms with Gasteiger partial charge in [-0.2, -0.15) is 0 Å². The fourth-order valence-electron chi connectivity index (χ4n) is 2.41. The van der Waals surface area contributed by atoms with E-state index in [2.05, 4.69) is 10.6 Å². The van der Waals surface area contributed by atoms with Crippen LogP contribution in [-0.2, 0) is 19.2 Å². The van der Waals surface area contributed by atoms with E-state index in [-0.39, 0.29) is 23.6 Å². The molecule has 6 N–H and O–H groups in total. The van der Waals surface area contributed by atoms with Gasteiger partial charge in [0.25, 0.3) is 0 Å². The molecule has 0 aliphatic heterocycles. The van der Waals surface area contributed by atoms with E-state index in [9.17, 15) is 19.2 Å². The van der Waals surface area contributed by atoms with Crippen molar-refractivity contribution in [2.75, 3.05) is 13.1 Å². The number of nitrogens with one attached hydrogen (secondary N) is 2. The summed E-state index contributed by atoms with van der Waals surface area (Å²) in [5.41, 5.74) is 10.1.